The van der Waals surface area contributed by atoms with Gasteiger partial charge in [0.15, 0.2) is 0 Å². The average molecular weight is 355 g/mol. The van der Waals surface area contributed by atoms with Crippen LogP contribution in [0.2, 0.25) is 5.02 Å². The van der Waals surface area contributed by atoms with Crippen LogP contribution in [0.1, 0.15) is 19.4 Å². The summed E-state index contributed by atoms with van der Waals surface area (Å²) in [6.07, 6.45) is 2.02. The Hall–Kier alpha value is -2.52. The van der Waals surface area contributed by atoms with E-state index in [9.17, 15) is 4.79 Å². The molecule has 0 N–H and O–H groups in total. The highest BCUT2D eigenvalue weighted by Crippen LogP contribution is 2.29. The van der Waals surface area contributed by atoms with Crippen molar-refractivity contribution in [3.8, 4) is 16.9 Å². The number of halogens is 1. The molecule has 0 radical (unpaired) electrons. The quantitative estimate of drug-likeness (QED) is 0.441. The van der Waals surface area contributed by atoms with E-state index < -0.39 is 0 Å². The zero-order valence-electron chi connectivity index (χ0n) is 14.4. The Morgan fingerprint density at radius 2 is 1.88 bits per heavy atom. The van der Waals surface area contributed by atoms with Crippen LogP contribution in [0, 0.1) is 6.92 Å². The molecule has 0 spiro atoms. The average Bonchev–Trinajstić information content (AvgIpc) is 2.57. The van der Waals surface area contributed by atoms with Crippen molar-refractivity contribution in [2.75, 3.05) is 6.61 Å². The third-order valence-corrected chi connectivity index (χ3v) is 4.26. The Morgan fingerprint density at radius 1 is 1.16 bits per heavy atom. The second-order valence-electron chi connectivity index (χ2n) is 6.15. The first-order valence-corrected chi connectivity index (χ1v) is 8.43. The number of fused-ring (bicyclic) bond motifs is 1. The number of ether oxygens (including phenoxy) is 1. The zero-order chi connectivity index (χ0) is 18.0. The van der Waals surface area contributed by atoms with Crippen molar-refractivity contribution in [1.29, 1.82) is 0 Å². The normalized spacial score (nSPS) is 10.7. The molecule has 1 aromatic heterocycles. The Bertz CT molecular complexity index is 994. The van der Waals surface area contributed by atoms with E-state index in [4.69, 9.17) is 20.8 Å². The zero-order valence-corrected chi connectivity index (χ0v) is 15.2. The largest absolute Gasteiger partial charge is 0.490 e. The van der Waals surface area contributed by atoms with Gasteiger partial charge >= 0.3 is 5.63 Å². The van der Waals surface area contributed by atoms with Crippen LogP contribution in [-0.4, -0.2) is 6.61 Å². The monoisotopic (exact) mass is 354 g/mol. The first-order valence-electron chi connectivity index (χ1n) is 8.05. The van der Waals surface area contributed by atoms with Gasteiger partial charge in [0.1, 0.15) is 17.9 Å². The summed E-state index contributed by atoms with van der Waals surface area (Å²) in [5.74, 6) is 0.740. The first kappa shape index (κ1) is 17.3. The molecular weight excluding hydrogens is 336 g/mol. The second-order valence-corrected chi connectivity index (χ2v) is 6.58. The summed E-state index contributed by atoms with van der Waals surface area (Å²) in [6.45, 7) is 6.48. The summed E-state index contributed by atoms with van der Waals surface area (Å²) in [7, 11) is 0. The molecule has 0 aliphatic carbocycles. The molecule has 0 fully saturated rings. The van der Waals surface area contributed by atoms with Crippen molar-refractivity contribution >= 4 is 22.6 Å². The van der Waals surface area contributed by atoms with Crippen LogP contribution < -0.4 is 10.4 Å². The van der Waals surface area contributed by atoms with Gasteiger partial charge in [0, 0.05) is 10.4 Å². The Morgan fingerprint density at radius 3 is 2.56 bits per heavy atom. The molecule has 0 aliphatic heterocycles. The number of aryl methyl sites for hydroxylation is 1. The van der Waals surface area contributed by atoms with Gasteiger partial charge in [-0.05, 0) is 68.3 Å². The Labute approximate surface area is 151 Å². The first-order chi connectivity index (χ1) is 12.0. The van der Waals surface area contributed by atoms with Crippen LogP contribution in [-0.2, 0) is 0 Å². The Kier molecular flexibility index (Phi) is 4.95. The predicted molar refractivity (Wildman–Crippen MR) is 103 cm³/mol. The van der Waals surface area contributed by atoms with Gasteiger partial charge in [-0.15, -0.1) is 0 Å². The molecule has 25 heavy (non-hydrogen) atoms. The van der Waals surface area contributed by atoms with E-state index in [0.29, 0.717) is 22.8 Å². The van der Waals surface area contributed by atoms with E-state index >= 15 is 0 Å². The molecule has 128 valence electrons. The molecule has 0 atom stereocenters. The fourth-order valence-corrected chi connectivity index (χ4v) is 2.80. The summed E-state index contributed by atoms with van der Waals surface area (Å²) in [4.78, 5) is 12.4. The molecule has 0 saturated heterocycles. The number of rotatable bonds is 4. The molecule has 0 bridgehead atoms. The van der Waals surface area contributed by atoms with Gasteiger partial charge in [-0.2, -0.15) is 0 Å². The molecule has 0 aliphatic rings. The lowest BCUT2D eigenvalue weighted by Crippen LogP contribution is -2.06. The molecule has 4 heteroatoms. The molecule has 3 nitrogen and oxygen atoms in total. The molecule has 3 rings (SSSR count). The van der Waals surface area contributed by atoms with Crippen molar-refractivity contribution in [1.82, 2.24) is 0 Å². The van der Waals surface area contributed by atoms with E-state index in [-0.39, 0.29) is 5.63 Å². The van der Waals surface area contributed by atoms with Gasteiger partial charge < -0.3 is 9.15 Å². The van der Waals surface area contributed by atoms with Crippen LogP contribution in [0.5, 0.6) is 5.75 Å². The lowest BCUT2D eigenvalue weighted by Gasteiger charge is -2.10. The molecule has 3 aromatic rings. The van der Waals surface area contributed by atoms with Crippen molar-refractivity contribution in [2.24, 2.45) is 0 Å². The molecule has 0 unspecified atom stereocenters. The summed E-state index contributed by atoms with van der Waals surface area (Å²) < 4.78 is 11.3. The number of hydrogen-bond donors (Lipinski definition) is 0. The fourth-order valence-electron chi connectivity index (χ4n) is 2.68. The topological polar surface area (TPSA) is 39.4 Å². The van der Waals surface area contributed by atoms with E-state index in [0.717, 1.165) is 22.3 Å². The molecule has 0 saturated carbocycles. The summed E-state index contributed by atoms with van der Waals surface area (Å²) in [5.41, 5.74) is 3.59. The summed E-state index contributed by atoms with van der Waals surface area (Å²) >= 11 is 5.94. The van der Waals surface area contributed by atoms with Gasteiger partial charge in [0.2, 0.25) is 0 Å². The summed E-state index contributed by atoms with van der Waals surface area (Å²) in [5, 5.41) is 1.49. The highest BCUT2D eigenvalue weighted by Gasteiger charge is 2.14. The Balaban J connectivity index is 2.08. The smallest absolute Gasteiger partial charge is 0.344 e. The predicted octanol–water partition coefficient (Wildman–Crippen LogP) is 5.77. The van der Waals surface area contributed by atoms with Gasteiger partial charge in [-0.3, -0.25) is 0 Å². The minimum Gasteiger partial charge on any atom is -0.490 e. The van der Waals surface area contributed by atoms with Crippen LogP contribution in [0.3, 0.4) is 0 Å². The molecule has 1 heterocycles. The number of hydrogen-bond acceptors (Lipinski definition) is 3. The maximum Gasteiger partial charge on any atom is 0.344 e. The third-order valence-electron chi connectivity index (χ3n) is 4.01. The standard InChI is InChI=1S/C21H19ClO3/c1-13(2)10-11-24-17-8-9-19-18(12-17)14(3)20(21(23)25-19)15-4-6-16(22)7-5-15/h4-10,12H,11H2,1-3H3. The maximum atomic E-state index is 12.4. The fraction of sp³-hybridized carbons (Fsp3) is 0.190. The number of allylic oxidation sites excluding steroid dienone is 1. The van der Waals surface area contributed by atoms with Gasteiger partial charge in [0.25, 0.3) is 0 Å². The van der Waals surface area contributed by atoms with E-state index in [1.807, 2.05) is 51.1 Å². The third kappa shape index (κ3) is 3.77. The second kappa shape index (κ2) is 7.16. The maximum absolute atomic E-state index is 12.4. The van der Waals surface area contributed by atoms with Crippen LogP contribution in [0.25, 0.3) is 22.1 Å². The van der Waals surface area contributed by atoms with Crippen LogP contribution in [0.15, 0.2) is 63.3 Å². The van der Waals surface area contributed by atoms with Gasteiger partial charge in [-0.25, -0.2) is 4.79 Å². The minimum absolute atomic E-state index is 0.356. The number of benzene rings is 2. The lowest BCUT2D eigenvalue weighted by atomic mass is 9.99. The van der Waals surface area contributed by atoms with Crippen molar-refractivity contribution in [3.63, 3.8) is 0 Å². The highest BCUT2D eigenvalue weighted by molar-refractivity contribution is 6.30. The van der Waals surface area contributed by atoms with Crippen LogP contribution in [0.4, 0.5) is 0 Å². The molecule has 0 amide bonds. The van der Waals surface area contributed by atoms with Gasteiger partial charge in [0.05, 0.1) is 5.56 Å². The molecule has 2 aromatic carbocycles. The van der Waals surface area contributed by atoms with Crippen LogP contribution >= 0.6 is 11.6 Å². The van der Waals surface area contributed by atoms with Crippen molar-refractivity contribution < 1.29 is 9.15 Å². The van der Waals surface area contributed by atoms with E-state index in [1.165, 1.54) is 5.57 Å². The van der Waals surface area contributed by atoms with E-state index in [1.54, 1.807) is 18.2 Å². The van der Waals surface area contributed by atoms with Crippen molar-refractivity contribution in [2.45, 2.75) is 20.8 Å². The lowest BCUT2D eigenvalue weighted by molar-refractivity contribution is 0.362. The molecular formula is C21H19ClO3. The summed E-state index contributed by atoms with van der Waals surface area (Å²) in [6, 6.07) is 12.7. The van der Waals surface area contributed by atoms with Gasteiger partial charge in [-0.1, -0.05) is 29.3 Å². The highest BCUT2D eigenvalue weighted by atomic mass is 35.5. The van der Waals surface area contributed by atoms with E-state index in [2.05, 4.69) is 0 Å². The van der Waals surface area contributed by atoms with Crippen molar-refractivity contribution in [3.05, 3.63) is 75.1 Å². The SMILES string of the molecule is CC(C)=CCOc1ccc2oc(=O)c(-c3ccc(Cl)cc3)c(C)c2c1. The minimum atomic E-state index is -0.356.